The normalized spacial score (nSPS) is 22.7. The number of alkyl halides is 7. The molecule has 2 aromatic rings. The van der Waals surface area contributed by atoms with Gasteiger partial charge >= 0.3 is 12.4 Å². The van der Waals surface area contributed by atoms with Crippen molar-refractivity contribution in [2.75, 3.05) is 0 Å². The monoisotopic (exact) mass is 638 g/mol. The van der Waals surface area contributed by atoms with Crippen LogP contribution in [0.5, 0.6) is 11.5 Å². The van der Waals surface area contributed by atoms with Gasteiger partial charge in [-0.1, -0.05) is 61.0 Å². The Morgan fingerprint density at radius 1 is 0.884 bits per heavy atom. The summed E-state index contributed by atoms with van der Waals surface area (Å²) in [5, 5.41) is 19.1. The van der Waals surface area contributed by atoms with Crippen LogP contribution in [0.3, 0.4) is 0 Å². The Morgan fingerprint density at radius 2 is 1.40 bits per heavy atom. The van der Waals surface area contributed by atoms with E-state index < -0.39 is 39.7 Å². The molecule has 4 nitrogen and oxygen atoms in total. The molecular weight excluding hydrogens is 617 g/mol. The summed E-state index contributed by atoms with van der Waals surface area (Å²) >= 11 is 12.4. The van der Waals surface area contributed by atoms with Crippen LogP contribution in [0.4, 0.5) is 26.3 Å². The van der Waals surface area contributed by atoms with Crippen molar-refractivity contribution in [2.24, 2.45) is 11.8 Å². The fraction of sp³-hybridized carbons (Fsp3) is 0.290. The molecule has 3 atom stereocenters. The number of nitrogens with zero attached hydrogens (tertiary/aromatic N) is 2. The van der Waals surface area contributed by atoms with Gasteiger partial charge in [0.15, 0.2) is 0 Å². The van der Waals surface area contributed by atoms with Crippen LogP contribution < -0.4 is 9.47 Å². The number of ether oxygens (including phenoxy) is 2. The topological polar surface area (TPSA) is 66.0 Å². The maximum Gasteiger partial charge on any atom is 0.411 e. The van der Waals surface area contributed by atoms with E-state index in [1.165, 1.54) is 12.2 Å². The molecule has 0 spiro atoms. The van der Waals surface area contributed by atoms with E-state index in [0.717, 1.165) is 24.3 Å². The standard InChI is InChI=1S/C31H22Cl2F6N2O2/c1-18-5-14-25(32)23(16-40)27(18)43-22-12-8-20(9-13-22)29(30(34,35)36,31(37,38)39)19-6-10-21(11-7-19)42-26-4-3-15-28(2,33)24(26)17-41/h3-4,6-15,18,24H,5H2,1-2H3. The summed E-state index contributed by atoms with van der Waals surface area (Å²) in [7, 11) is 0. The molecule has 0 N–H and O–H groups in total. The van der Waals surface area contributed by atoms with E-state index in [9.17, 15) is 36.9 Å². The first-order chi connectivity index (χ1) is 20.1. The highest BCUT2D eigenvalue weighted by atomic mass is 35.5. The van der Waals surface area contributed by atoms with Gasteiger partial charge in [-0.2, -0.15) is 36.9 Å². The average Bonchev–Trinajstić information content (AvgIpc) is 2.91. The highest BCUT2D eigenvalue weighted by Crippen LogP contribution is 2.56. The second-order valence-electron chi connectivity index (χ2n) is 10.2. The van der Waals surface area contributed by atoms with Gasteiger partial charge in [-0.3, -0.25) is 0 Å². The summed E-state index contributed by atoms with van der Waals surface area (Å²) in [6, 6.07) is 10.5. The van der Waals surface area contributed by atoms with Gasteiger partial charge in [0.2, 0.25) is 5.41 Å². The van der Waals surface area contributed by atoms with Crippen molar-refractivity contribution in [1.29, 1.82) is 10.5 Å². The average molecular weight is 639 g/mol. The number of rotatable bonds is 6. The molecule has 224 valence electrons. The second kappa shape index (κ2) is 11.7. The largest absolute Gasteiger partial charge is 0.460 e. The molecular formula is C31H22Cl2F6N2O2. The minimum atomic E-state index is -5.81. The fourth-order valence-electron chi connectivity index (χ4n) is 4.99. The lowest BCUT2D eigenvalue weighted by molar-refractivity contribution is -0.288. The van der Waals surface area contributed by atoms with Gasteiger partial charge in [0, 0.05) is 5.92 Å². The van der Waals surface area contributed by atoms with Crippen molar-refractivity contribution < 1.29 is 35.8 Å². The SMILES string of the molecule is CC1CC=C(Cl)C(C#N)=C1Oc1ccc(C(c2ccc(OC3=CC=CC(C)(Cl)C3C#N)cc2)(C(F)(F)F)C(F)(F)F)cc1. The number of allylic oxidation sites excluding steroid dienone is 8. The van der Waals surface area contributed by atoms with Crippen molar-refractivity contribution >= 4 is 23.2 Å². The van der Waals surface area contributed by atoms with E-state index in [2.05, 4.69) is 0 Å². The lowest BCUT2D eigenvalue weighted by Gasteiger charge is -2.38. The summed E-state index contributed by atoms with van der Waals surface area (Å²) < 4.78 is 99.3. The Balaban J connectivity index is 1.73. The zero-order valence-electron chi connectivity index (χ0n) is 22.5. The molecule has 2 aromatic carbocycles. The second-order valence-corrected chi connectivity index (χ2v) is 11.4. The molecule has 0 heterocycles. The molecule has 2 aliphatic carbocycles. The molecule has 4 rings (SSSR count). The Bertz CT molecular complexity index is 1580. The van der Waals surface area contributed by atoms with Gasteiger partial charge in [-0.25, -0.2) is 0 Å². The third-order valence-electron chi connectivity index (χ3n) is 7.24. The van der Waals surface area contributed by atoms with Crippen molar-refractivity contribution in [3.05, 3.63) is 106 Å². The Hall–Kier alpha value is -3.86. The molecule has 0 saturated heterocycles. The van der Waals surface area contributed by atoms with Crippen molar-refractivity contribution in [3.63, 3.8) is 0 Å². The molecule has 0 bridgehead atoms. The minimum Gasteiger partial charge on any atom is -0.460 e. The maximum absolute atomic E-state index is 14.6. The minimum absolute atomic E-state index is 0.0310. The number of hydrogen-bond donors (Lipinski definition) is 0. The van der Waals surface area contributed by atoms with Crippen LogP contribution in [0.15, 0.2) is 95.0 Å². The van der Waals surface area contributed by atoms with Crippen LogP contribution in [-0.2, 0) is 5.41 Å². The fourth-order valence-corrected chi connectivity index (χ4v) is 5.44. The Kier molecular flexibility index (Phi) is 8.70. The molecule has 0 radical (unpaired) electrons. The van der Waals surface area contributed by atoms with Gasteiger partial charge in [-0.15, -0.1) is 11.6 Å². The predicted octanol–water partition coefficient (Wildman–Crippen LogP) is 9.39. The number of benzene rings is 2. The molecule has 0 fully saturated rings. The van der Waals surface area contributed by atoms with E-state index in [4.69, 9.17) is 32.7 Å². The van der Waals surface area contributed by atoms with E-state index in [0.29, 0.717) is 30.7 Å². The Morgan fingerprint density at radius 3 is 1.86 bits per heavy atom. The van der Waals surface area contributed by atoms with Crippen molar-refractivity contribution in [3.8, 4) is 23.6 Å². The lowest BCUT2D eigenvalue weighted by atomic mass is 9.73. The summed E-state index contributed by atoms with van der Waals surface area (Å²) in [5.74, 6) is -1.16. The van der Waals surface area contributed by atoms with Gasteiger partial charge < -0.3 is 9.47 Å². The molecule has 12 heteroatoms. The molecule has 2 aliphatic rings. The zero-order chi connectivity index (χ0) is 31.8. The smallest absolute Gasteiger partial charge is 0.411 e. The molecule has 0 amide bonds. The summed E-state index contributed by atoms with van der Waals surface area (Å²) in [5.41, 5.74) is -6.57. The summed E-state index contributed by atoms with van der Waals surface area (Å²) in [4.78, 5) is -1.12. The third kappa shape index (κ3) is 5.87. The van der Waals surface area contributed by atoms with E-state index in [1.807, 2.05) is 12.1 Å². The lowest BCUT2D eigenvalue weighted by Crippen LogP contribution is -2.54. The zero-order valence-corrected chi connectivity index (χ0v) is 24.0. The first-order valence-corrected chi connectivity index (χ1v) is 13.5. The van der Waals surface area contributed by atoms with Crippen molar-refractivity contribution in [2.45, 2.75) is 42.9 Å². The quantitative estimate of drug-likeness (QED) is 0.233. The van der Waals surface area contributed by atoms with E-state index in [1.54, 1.807) is 26.0 Å². The third-order valence-corrected chi connectivity index (χ3v) is 7.93. The molecule has 43 heavy (non-hydrogen) atoms. The number of halogens is 8. The maximum atomic E-state index is 14.6. The van der Waals surface area contributed by atoms with Crippen molar-refractivity contribution in [1.82, 2.24) is 0 Å². The summed E-state index contributed by atoms with van der Waals surface area (Å²) in [6.07, 6.45) is -5.03. The van der Waals surface area contributed by atoms with Crippen LogP contribution in [-0.4, -0.2) is 17.2 Å². The van der Waals surface area contributed by atoms with Crippen LogP contribution in [0.25, 0.3) is 0 Å². The highest BCUT2D eigenvalue weighted by molar-refractivity contribution is 6.32. The first-order valence-electron chi connectivity index (χ1n) is 12.7. The summed E-state index contributed by atoms with van der Waals surface area (Å²) in [6.45, 7) is 3.31. The van der Waals surface area contributed by atoms with Crippen LogP contribution >= 0.6 is 23.2 Å². The number of hydrogen-bond acceptors (Lipinski definition) is 4. The van der Waals surface area contributed by atoms with Gasteiger partial charge in [0.1, 0.15) is 40.6 Å². The first kappa shape index (κ1) is 32.1. The predicted molar refractivity (Wildman–Crippen MR) is 148 cm³/mol. The molecule has 0 aromatic heterocycles. The Labute approximate surface area is 253 Å². The highest BCUT2D eigenvalue weighted by Gasteiger charge is 2.72. The molecule has 3 unspecified atom stereocenters. The molecule has 0 aliphatic heterocycles. The van der Waals surface area contributed by atoms with E-state index in [-0.39, 0.29) is 39.5 Å². The van der Waals surface area contributed by atoms with E-state index >= 15 is 0 Å². The van der Waals surface area contributed by atoms with Gasteiger partial charge in [-0.05, 0) is 54.8 Å². The van der Waals surface area contributed by atoms with Crippen LogP contribution in [0.1, 0.15) is 31.4 Å². The van der Waals surface area contributed by atoms with Crippen LogP contribution in [0, 0.1) is 34.5 Å². The number of nitriles is 2. The van der Waals surface area contributed by atoms with Gasteiger partial charge in [0.25, 0.3) is 0 Å². The molecule has 0 saturated carbocycles. The van der Waals surface area contributed by atoms with Crippen LogP contribution in [0.2, 0.25) is 0 Å². The van der Waals surface area contributed by atoms with Gasteiger partial charge in [0.05, 0.1) is 16.0 Å².